The van der Waals surface area contributed by atoms with Crippen molar-refractivity contribution in [2.24, 2.45) is 0 Å². The third-order valence-corrected chi connectivity index (χ3v) is 5.69. The van der Waals surface area contributed by atoms with Gasteiger partial charge in [-0.3, -0.25) is 9.69 Å². The first-order valence-electron chi connectivity index (χ1n) is 8.79. The van der Waals surface area contributed by atoms with Crippen molar-refractivity contribution in [2.75, 3.05) is 12.0 Å². The fraction of sp³-hybridized carbons (Fsp3) is 0.0455. The van der Waals surface area contributed by atoms with E-state index < -0.39 is 17.7 Å². The Balaban J connectivity index is 1.65. The summed E-state index contributed by atoms with van der Waals surface area (Å²) in [5.74, 6) is -0.586. The number of nitrogens with zero attached hydrogens (tertiary/aromatic N) is 1. The lowest BCUT2D eigenvalue weighted by molar-refractivity contribution is -0.113. The molecule has 0 aliphatic carbocycles. The van der Waals surface area contributed by atoms with Crippen LogP contribution < -0.4 is 4.90 Å². The molecule has 0 spiro atoms. The van der Waals surface area contributed by atoms with E-state index in [9.17, 15) is 14.0 Å². The molecule has 2 aromatic carbocycles. The molecule has 0 N–H and O–H groups in total. The van der Waals surface area contributed by atoms with Gasteiger partial charge in [0.1, 0.15) is 17.3 Å². The summed E-state index contributed by atoms with van der Waals surface area (Å²) >= 11 is 6.34. The molecular formula is C22H14FNO4S2. The summed E-state index contributed by atoms with van der Waals surface area (Å²) in [6.45, 7) is 0. The topological polar surface area (TPSA) is 59.8 Å². The molecule has 0 bridgehead atoms. The lowest BCUT2D eigenvalue weighted by atomic mass is 10.1. The van der Waals surface area contributed by atoms with Gasteiger partial charge in [0.05, 0.1) is 23.3 Å². The third-order valence-electron chi connectivity index (χ3n) is 4.39. The number of carbonyl (C=O) groups excluding carboxylic acids is 2. The molecule has 5 nitrogen and oxygen atoms in total. The lowest BCUT2D eigenvalue weighted by Gasteiger charge is -2.14. The number of halogens is 1. The van der Waals surface area contributed by atoms with E-state index in [0.29, 0.717) is 27.6 Å². The van der Waals surface area contributed by atoms with Gasteiger partial charge in [-0.1, -0.05) is 54.3 Å². The van der Waals surface area contributed by atoms with Crippen LogP contribution >= 0.6 is 24.0 Å². The number of methoxy groups -OCH3 is 1. The molecule has 4 rings (SSSR count). The summed E-state index contributed by atoms with van der Waals surface area (Å²) in [5.41, 5.74) is 1.05. The second kappa shape index (κ2) is 8.25. The normalized spacial score (nSPS) is 15.1. The van der Waals surface area contributed by atoms with Gasteiger partial charge in [-0.25, -0.2) is 9.18 Å². The van der Waals surface area contributed by atoms with Crippen molar-refractivity contribution in [1.29, 1.82) is 0 Å². The molecule has 0 radical (unpaired) electrons. The molecule has 0 atom stereocenters. The zero-order chi connectivity index (χ0) is 21.3. The standard InChI is InChI=1S/C22H14FNO4S2/c1-27-21(26)15-7-3-2-6-14(15)18-11-10-13(28-18)12-19-20(25)24(22(29)30-19)17-9-5-4-8-16(17)23/h2-12H,1H3/b19-12+. The van der Waals surface area contributed by atoms with Crippen LogP contribution in [-0.2, 0) is 9.53 Å². The Labute approximate surface area is 181 Å². The number of amides is 1. The first kappa shape index (κ1) is 20.1. The Morgan fingerprint density at radius 3 is 2.63 bits per heavy atom. The zero-order valence-corrected chi connectivity index (χ0v) is 17.3. The van der Waals surface area contributed by atoms with Crippen LogP contribution in [0.25, 0.3) is 17.4 Å². The minimum Gasteiger partial charge on any atom is -0.465 e. The second-order valence-corrected chi connectivity index (χ2v) is 7.88. The maximum absolute atomic E-state index is 14.1. The Morgan fingerprint density at radius 1 is 1.13 bits per heavy atom. The first-order valence-corrected chi connectivity index (χ1v) is 10.0. The van der Waals surface area contributed by atoms with Crippen LogP contribution in [-0.4, -0.2) is 23.3 Å². The maximum Gasteiger partial charge on any atom is 0.338 e. The van der Waals surface area contributed by atoms with Crippen LogP contribution in [0.2, 0.25) is 0 Å². The van der Waals surface area contributed by atoms with Crippen molar-refractivity contribution in [3.63, 3.8) is 0 Å². The zero-order valence-electron chi connectivity index (χ0n) is 15.6. The van der Waals surface area contributed by atoms with Gasteiger partial charge in [0.15, 0.2) is 4.32 Å². The third kappa shape index (κ3) is 3.67. The number of benzene rings is 2. The fourth-order valence-corrected chi connectivity index (χ4v) is 4.26. The molecule has 1 saturated heterocycles. The highest BCUT2D eigenvalue weighted by Gasteiger charge is 2.35. The van der Waals surface area contributed by atoms with E-state index >= 15 is 0 Å². The van der Waals surface area contributed by atoms with Gasteiger partial charge in [-0.2, -0.15) is 0 Å². The van der Waals surface area contributed by atoms with Crippen LogP contribution in [0.3, 0.4) is 0 Å². The van der Waals surface area contributed by atoms with Gasteiger partial charge in [0, 0.05) is 11.6 Å². The van der Waals surface area contributed by atoms with Crippen molar-refractivity contribution >= 4 is 51.9 Å². The highest BCUT2D eigenvalue weighted by Crippen LogP contribution is 2.37. The average molecular weight is 439 g/mol. The average Bonchev–Trinajstić information content (AvgIpc) is 3.32. The Morgan fingerprint density at radius 2 is 1.87 bits per heavy atom. The minimum atomic E-state index is -0.533. The largest absolute Gasteiger partial charge is 0.465 e. The summed E-state index contributed by atoms with van der Waals surface area (Å²) in [6, 6.07) is 16.2. The highest BCUT2D eigenvalue weighted by molar-refractivity contribution is 8.27. The number of furan rings is 1. The predicted octanol–water partition coefficient (Wildman–Crippen LogP) is 5.28. The van der Waals surface area contributed by atoms with E-state index in [0.717, 1.165) is 16.7 Å². The summed E-state index contributed by atoms with van der Waals surface area (Å²) < 4.78 is 25.0. The number of thioether (sulfide) groups is 1. The first-order chi connectivity index (χ1) is 14.5. The summed E-state index contributed by atoms with van der Waals surface area (Å²) in [4.78, 5) is 26.3. The molecule has 1 aliphatic rings. The monoisotopic (exact) mass is 439 g/mol. The second-order valence-electron chi connectivity index (χ2n) is 6.21. The molecule has 1 aliphatic heterocycles. The smallest absolute Gasteiger partial charge is 0.338 e. The summed E-state index contributed by atoms with van der Waals surface area (Å²) in [6.07, 6.45) is 1.55. The lowest BCUT2D eigenvalue weighted by Crippen LogP contribution is -2.28. The van der Waals surface area contributed by atoms with Crippen LogP contribution in [0.5, 0.6) is 0 Å². The van der Waals surface area contributed by atoms with Crippen molar-refractivity contribution in [3.05, 3.63) is 82.7 Å². The fourth-order valence-electron chi connectivity index (χ4n) is 3.00. The van der Waals surface area contributed by atoms with E-state index in [1.807, 2.05) is 0 Å². The van der Waals surface area contributed by atoms with E-state index in [2.05, 4.69) is 0 Å². The number of carbonyl (C=O) groups is 2. The number of hydrogen-bond donors (Lipinski definition) is 0. The van der Waals surface area contributed by atoms with Gasteiger partial charge < -0.3 is 9.15 Å². The number of para-hydroxylation sites is 1. The van der Waals surface area contributed by atoms with E-state index in [1.54, 1.807) is 54.6 Å². The molecule has 8 heteroatoms. The molecule has 3 aromatic rings. The van der Waals surface area contributed by atoms with Gasteiger partial charge in [-0.05, 0) is 30.3 Å². The van der Waals surface area contributed by atoms with Crippen LogP contribution in [0.4, 0.5) is 10.1 Å². The summed E-state index contributed by atoms with van der Waals surface area (Å²) in [5, 5.41) is 0. The molecule has 150 valence electrons. The Kier molecular flexibility index (Phi) is 5.52. The molecule has 0 saturated carbocycles. The van der Waals surface area contributed by atoms with Gasteiger partial charge >= 0.3 is 5.97 Å². The van der Waals surface area contributed by atoms with Crippen molar-refractivity contribution in [1.82, 2.24) is 0 Å². The van der Waals surface area contributed by atoms with Crippen LogP contribution in [0.15, 0.2) is 70.0 Å². The van der Waals surface area contributed by atoms with Gasteiger partial charge in [0.25, 0.3) is 5.91 Å². The van der Waals surface area contributed by atoms with E-state index in [4.69, 9.17) is 21.4 Å². The Hall–Kier alpha value is -3.23. The van der Waals surface area contributed by atoms with Crippen LogP contribution in [0.1, 0.15) is 16.1 Å². The van der Waals surface area contributed by atoms with Crippen molar-refractivity contribution in [2.45, 2.75) is 0 Å². The Bertz CT molecular complexity index is 1200. The van der Waals surface area contributed by atoms with E-state index in [1.165, 1.54) is 19.2 Å². The molecule has 30 heavy (non-hydrogen) atoms. The van der Waals surface area contributed by atoms with E-state index in [-0.39, 0.29) is 10.0 Å². The minimum absolute atomic E-state index is 0.107. The quantitative estimate of drug-likeness (QED) is 0.313. The predicted molar refractivity (Wildman–Crippen MR) is 118 cm³/mol. The molecule has 1 amide bonds. The van der Waals surface area contributed by atoms with Gasteiger partial charge in [-0.15, -0.1) is 0 Å². The molecular weight excluding hydrogens is 425 g/mol. The maximum atomic E-state index is 14.1. The number of hydrogen-bond acceptors (Lipinski definition) is 6. The number of rotatable bonds is 4. The number of thiocarbonyl (C=S) groups is 1. The molecule has 2 heterocycles. The SMILES string of the molecule is COC(=O)c1ccccc1-c1ccc(/C=C2/SC(=S)N(c3ccccc3F)C2=O)o1. The number of esters is 1. The molecule has 1 aromatic heterocycles. The highest BCUT2D eigenvalue weighted by atomic mass is 32.2. The van der Waals surface area contributed by atoms with Crippen LogP contribution in [0, 0.1) is 5.82 Å². The number of ether oxygens (including phenoxy) is 1. The van der Waals surface area contributed by atoms with Crippen molar-refractivity contribution < 1.29 is 23.1 Å². The summed E-state index contributed by atoms with van der Waals surface area (Å²) in [7, 11) is 1.31. The van der Waals surface area contributed by atoms with Crippen molar-refractivity contribution in [3.8, 4) is 11.3 Å². The molecule has 0 unspecified atom stereocenters. The van der Waals surface area contributed by atoms with Gasteiger partial charge in [0.2, 0.25) is 0 Å². The molecule has 1 fully saturated rings. The number of anilines is 1.